The highest BCUT2D eigenvalue weighted by Gasteiger charge is 2.07. The Morgan fingerprint density at radius 3 is 2.72 bits per heavy atom. The van der Waals surface area contributed by atoms with E-state index in [1.54, 1.807) is 12.1 Å². The molecule has 0 saturated carbocycles. The maximum Gasteiger partial charge on any atom is 0.141 e. The highest BCUT2D eigenvalue weighted by Crippen LogP contribution is 2.24. The van der Waals surface area contributed by atoms with Gasteiger partial charge in [0.1, 0.15) is 17.5 Å². The molecule has 1 heterocycles. The zero-order chi connectivity index (χ0) is 13.1. The van der Waals surface area contributed by atoms with Gasteiger partial charge in [-0.3, -0.25) is 0 Å². The largest absolute Gasteiger partial charge is 0.370 e. The summed E-state index contributed by atoms with van der Waals surface area (Å²) in [6.45, 7) is 4.58. The van der Waals surface area contributed by atoms with Crippen molar-refractivity contribution >= 4 is 17.4 Å². The average molecular weight is 266 g/mol. The third-order valence-corrected chi connectivity index (χ3v) is 2.70. The molecule has 0 fully saturated rings. The molecule has 0 atom stereocenters. The van der Waals surface area contributed by atoms with Crippen LogP contribution in [0.15, 0.2) is 24.3 Å². The van der Waals surface area contributed by atoms with Crippen LogP contribution in [0.1, 0.15) is 12.7 Å². The van der Waals surface area contributed by atoms with Gasteiger partial charge in [0.25, 0.3) is 0 Å². The quantitative estimate of drug-likeness (QED) is 0.920. The molecular weight excluding hydrogens is 253 g/mol. The Morgan fingerprint density at radius 1 is 1.28 bits per heavy atom. The van der Waals surface area contributed by atoms with Gasteiger partial charge in [0.2, 0.25) is 0 Å². The summed E-state index contributed by atoms with van der Waals surface area (Å²) < 4.78 is 13.1. The molecule has 94 valence electrons. The number of hydrogen-bond acceptors (Lipinski definition) is 3. The Balaban J connectivity index is 2.46. The second-order valence-electron chi connectivity index (χ2n) is 3.84. The van der Waals surface area contributed by atoms with Gasteiger partial charge in [-0.05, 0) is 32.0 Å². The molecule has 2 aromatic rings. The van der Waals surface area contributed by atoms with Crippen LogP contribution in [-0.4, -0.2) is 16.5 Å². The number of anilines is 1. The highest BCUT2D eigenvalue weighted by molar-refractivity contribution is 6.31. The molecule has 0 spiro atoms. The van der Waals surface area contributed by atoms with Gasteiger partial charge in [-0.2, -0.15) is 0 Å². The van der Waals surface area contributed by atoms with Crippen molar-refractivity contribution in [1.82, 2.24) is 9.97 Å². The van der Waals surface area contributed by atoms with Crippen LogP contribution in [0, 0.1) is 12.7 Å². The fourth-order valence-electron chi connectivity index (χ4n) is 1.64. The average Bonchev–Trinajstić information content (AvgIpc) is 2.32. The molecule has 3 nitrogen and oxygen atoms in total. The molecule has 0 aliphatic carbocycles. The fraction of sp³-hybridized carbons (Fsp3) is 0.231. The number of aromatic nitrogens is 2. The van der Waals surface area contributed by atoms with Crippen LogP contribution in [-0.2, 0) is 0 Å². The normalized spacial score (nSPS) is 10.4. The first kappa shape index (κ1) is 12.8. The predicted molar refractivity (Wildman–Crippen MR) is 71.3 cm³/mol. The Morgan fingerprint density at radius 2 is 2.06 bits per heavy atom. The number of nitrogens with one attached hydrogen (secondary N) is 1. The summed E-state index contributed by atoms with van der Waals surface area (Å²) in [6, 6.07) is 6.37. The molecule has 5 heteroatoms. The zero-order valence-electron chi connectivity index (χ0n) is 10.2. The molecule has 0 saturated heterocycles. The second kappa shape index (κ2) is 5.31. The predicted octanol–water partition coefficient (Wildman–Crippen LogP) is 3.68. The van der Waals surface area contributed by atoms with E-state index in [0.717, 1.165) is 23.6 Å². The van der Waals surface area contributed by atoms with Crippen LogP contribution in [0.4, 0.5) is 10.2 Å². The van der Waals surface area contributed by atoms with Crippen molar-refractivity contribution in [2.24, 2.45) is 0 Å². The maximum absolute atomic E-state index is 13.1. The van der Waals surface area contributed by atoms with E-state index in [1.807, 2.05) is 19.9 Å². The smallest absolute Gasteiger partial charge is 0.141 e. The first-order valence-electron chi connectivity index (χ1n) is 5.65. The Hall–Kier alpha value is -1.68. The van der Waals surface area contributed by atoms with Crippen molar-refractivity contribution in [3.63, 3.8) is 0 Å². The molecule has 18 heavy (non-hydrogen) atoms. The first-order valence-corrected chi connectivity index (χ1v) is 6.03. The molecular formula is C13H13ClFN3. The third-order valence-electron chi connectivity index (χ3n) is 2.41. The monoisotopic (exact) mass is 265 g/mol. The molecule has 0 aliphatic rings. The highest BCUT2D eigenvalue weighted by atomic mass is 35.5. The Kier molecular flexibility index (Phi) is 3.77. The van der Waals surface area contributed by atoms with E-state index in [4.69, 9.17) is 11.6 Å². The van der Waals surface area contributed by atoms with Crippen molar-refractivity contribution in [3.8, 4) is 11.3 Å². The summed E-state index contributed by atoms with van der Waals surface area (Å²) in [5.74, 6) is 0.974. The summed E-state index contributed by atoms with van der Waals surface area (Å²) >= 11 is 5.77. The minimum atomic E-state index is -0.432. The molecule has 0 unspecified atom stereocenters. The van der Waals surface area contributed by atoms with Crippen LogP contribution in [0.3, 0.4) is 0 Å². The Bertz CT molecular complexity index is 572. The summed E-state index contributed by atoms with van der Waals surface area (Å²) in [5.41, 5.74) is 1.49. The number of aryl methyl sites for hydroxylation is 1. The van der Waals surface area contributed by atoms with Crippen LogP contribution in [0.2, 0.25) is 5.02 Å². The number of benzene rings is 1. The lowest BCUT2D eigenvalue weighted by Crippen LogP contribution is -2.02. The number of rotatable bonds is 3. The van der Waals surface area contributed by atoms with Crippen molar-refractivity contribution in [1.29, 1.82) is 0 Å². The van der Waals surface area contributed by atoms with Crippen LogP contribution in [0.5, 0.6) is 0 Å². The van der Waals surface area contributed by atoms with Gasteiger partial charge in [0.15, 0.2) is 0 Å². The molecule has 0 bridgehead atoms. The minimum Gasteiger partial charge on any atom is -0.370 e. The van der Waals surface area contributed by atoms with E-state index in [0.29, 0.717) is 5.82 Å². The summed E-state index contributed by atoms with van der Waals surface area (Å²) in [5, 5.41) is 3.22. The van der Waals surface area contributed by atoms with Gasteiger partial charge in [0.05, 0.1) is 10.7 Å². The number of halogens is 2. The minimum absolute atomic E-state index is 0.0915. The van der Waals surface area contributed by atoms with Crippen LogP contribution >= 0.6 is 11.6 Å². The standard InChI is InChI=1S/C13H13ClFN3/c1-3-16-13-7-12(17-8(2)18-13)9-4-5-11(15)10(14)6-9/h4-7H,3H2,1-2H3,(H,16,17,18). The van der Waals surface area contributed by atoms with E-state index in [2.05, 4.69) is 15.3 Å². The first-order chi connectivity index (χ1) is 8.60. The molecule has 2 rings (SSSR count). The van der Waals surface area contributed by atoms with Crippen molar-refractivity contribution in [3.05, 3.63) is 40.9 Å². The topological polar surface area (TPSA) is 37.8 Å². The van der Waals surface area contributed by atoms with Gasteiger partial charge in [-0.1, -0.05) is 11.6 Å². The van der Waals surface area contributed by atoms with Gasteiger partial charge in [-0.15, -0.1) is 0 Å². The Labute approximate surface area is 110 Å². The lowest BCUT2D eigenvalue weighted by molar-refractivity contribution is 0.628. The second-order valence-corrected chi connectivity index (χ2v) is 4.25. The van der Waals surface area contributed by atoms with Crippen molar-refractivity contribution in [2.45, 2.75) is 13.8 Å². The van der Waals surface area contributed by atoms with Crippen LogP contribution < -0.4 is 5.32 Å². The van der Waals surface area contributed by atoms with Gasteiger partial charge < -0.3 is 5.32 Å². The number of nitrogens with zero attached hydrogens (tertiary/aromatic N) is 2. The summed E-state index contributed by atoms with van der Waals surface area (Å²) in [4.78, 5) is 8.58. The molecule has 0 radical (unpaired) electrons. The molecule has 1 aromatic carbocycles. The number of hydrogen-bond donors (Lipinski definition) is 1. The van der Waals surface area contributed by atoms with Gasteiger partial charge >= 0.3 is 0 Å². The van der Waals surface area contributed by atoms with E-state index in [-0.39, 0.29) is 5.02 Å². The van der Waals surface area contributed by atoms with E-state index < -0.39 is 5.82 Å². The van der Waals surface area contributed by atoms with Crippen molar-refractivity contribution < 1.29 is 4.39 Å². The zero-order valence-corrected chi connectivity index (χ0v) is 10.9. The van der Waals surface area contributed by atoms with Gasteiger partial charge in [0, 0.05) is 18.2 Å². The summed E-state index contributed by atoms with van der Waals surface area (Å²) in [6.07, 6.45) is 0. The molecule has 1 aromatic heterocycles. The maximum atomic E-state index is 13.1. The van der Waals surface area contributed by atoms with Crippen LogP contribution in [0.25, 0.3) is 11.3 Å². The van der Waals surface area contributed by atoms with Gasteiger partial charge in [-0.25, -0.2) is 14.4 Å². The SMILES string of the molecule is CCNc1cc(-c2ccc(F)c(Cl)c2)nc(C)n1. The lowest BCUT2D eigenvalue weighted by Gasteiger charge is -2.07. The van der Waals surface area contributed by atoms with Crippen molar-refractivity contribution in [2.75, 3.05) is 11.9 Å². The summed E-state index contributed by atoms with van der Waals surface area (Å²) in [7, 11) is 0. The molecule has 1 N–H and O–H groups in total. The van der Waals surface area contributed by atoms with E-state index in [1.165, 1.54) is 6.07 Å². The van der Waals surface area contributed by atoms with E-state index in [9.17, 15) is 4.39 Å². The van der Waals surface area contributed by atoms with E-state index >= 15 is 0 Å². The molecule has 0 aliphatic heterocycles. The molecule has 0 amide bonds. The third kappa shape index (κ3) is 2.76. The lowest BCUT2D eigenvalue weighted by atomic mass is 10.1. The fourth-order valence-corrected chi connectivity index (χ4v) is 1.82.